The zero-order chi connectivity index (χ0) is 24.0. The Kier molecular flexibility index (Phi) is 6.80. The molecule has 0 fully saturated rings. The number of fused-ring (bicyclic) bond motifs is 1. The molecule has 0 bridgehead atoms. The number of sulfonamides is 1. The van der Waals surface area contributed by atoms with Crippen LogP contribution in [0.15, 0.2) is 120 Å². The summed E-state index contributed by atoms with van der Waals surface area (Å²) in [7, 11) is -4.47. The van der Waals surface area contributed by atoms with E-state index in [1.807, 2.05) is 24.3 Å². The molecule has 0 unspecified atom stereocenters. The quantitative estimate of drug-likeness (QED) is 0.360. The summed E-state index contributed by atoms with van der Waals surface area (Å²) in [4.78, 5) is 26.0. The molecule has 0 spiro atoms. The number of carbonyl (C=O) groups is 2. The molecule has 4 aromatic carbocycles. The molecule has 0 aromatic heterocycles. The Labute approximate surface area is 198 Å². The molecular weight excluding hydrogens is 446 g/mol. The van der Waals surface area contributed by atoms with Crippen molar-refractivity contribution in [2.24, 2.45) is 0 Å². The van der Waals surface area contributed by atoms with Crippen LogP contribution >= 0.6 is 0 Å². The van der Waals surface area contributed by atoms with Crippen molar-refractivity contribution in [2.45, 2.75) is 4.90 Å². The lowest BCUT2D eigenvalue weighted by Crippen LogP contribution is -2.40. The Morgan fingerprint density at radius 3 is 1.59 bits per heavy atom. The van der Waals surface area contributed by atoms with Crippen molar-refractivity contribution in [1.29, 1.82) is 0 Å². The smallest absolute Gasteiger partial charge is 0.268 e. The fraction of sp³-hybridized carbons (Fsp3) is 0. The Morgan fingerprint density at radius 2 is 1.06 bits per heavy atom. The van der Waals surface area contributed by atoms with Gasteiger partial charge in [0.05, 0.1) is 4.90 Å². The molecule has 0 atom stereocenters. The van der Waals surface area contributed by atoms with Crippen LogP contribution in [0.4, 0.5) is 0 Å². The Bertz CT molecular complexity index is 1430. The van der Waals surface area contributed by atoms with Crippen LogP contribution in [0.25, 0.3) is 22.9 Å². The predicted molar refractivity (Wildman–Crippen MR) is 134 cm³/mol. The molecule has 0 heterocycles. The lowest BCUT2D eigenvalue weighted by molar-refractivity contribution is -0.132. The van der Waals surface area contributed by atoms with Gasteiger partial charge in [-0.2, -0.15) is 4.31 Å². The van der Waals surface area contributed by atoms with E-state index in [4.69, 9.17) is 0 Å². The average Bonchev–Trinajstić information content (AvgIpc) is 2.87. The van der Waals surface area contributed by atoms with E-state index in [0.29, 0.717) is 20.8 Å². The second kappa shape index (κ2) is 10.1. The van der Waals surface area contributed by atoms with Crippen LogP contribution in [0, 0.1) is 0 Å². The molecule has 0 saturated carbocycles. The predicted octanol–water partition coefficient (Wildman–Crippen LogP) is 5.31. The standard InChI is InChI=1S/C28H21NO4S/c30-27(19-15-22-9-3-1-4-10-22)29(28(31)20-16-23-11-5-2-6-12-23)34(32,33)26-18-17-24-13-7-8-14-25(24)21-26/h1-21H. The fourth-order valence-corrected chi connectivity index (χ4v) is 4.70. The van der Waals surface area contributed by atoms with E-state index in [0.717, 1.165) is 17.5 Å². The van der Waals surface area contributed by atoms with Crippen LogP contribution < -0.4 is 0 Å². The highest BCUT2D eigenvalue weighted by atomic mass is 32.2. The number of benzene rings is 4. The number of hydrogen-bond acceptors (Lipinski definition) is 4. The first-order chi connectivity index (χ1) is 16.4. The minimum Gasteiger partial charge on any atom is -0.268 e. The van der Waals surface area contributed by atoms with Gasteiger partial charge in [0.2, 0.25) is 0 Å². The molecule has 5 nitrogen and oxygen atoms in total. The monoisotopic (exact) mass is 467 g/mol. The van der Waals surface area contributed by atoms with Gasteiger partial charge in [-0.25, -0.2) is 8.42 Å². The van der Waals surface area contributed by atoms with Gasteiger partial charge < -0.3 is 0 Å². The molecule has 168 valence electrons. The number of imide groups is 1. The van der Waals surface area contributed by atoms with E-state index in [-0.39, 0.29) is 4.90 Å². The summed E-state index contributed by atoms with van der Waals surface area (Å²) in [6, 6.07) is 29.7. The zero-order valence-electron chi connectivity index (χ0n) is 18.1. The van der Waals surface area contributed by atoms with Crippen molar-refractivity contribution in [1.82, 2.24) is 4.31 Å². The Hall–Kier alpha value is -4.29. The molecule has 4 rings (SSSR count). The summed E-state index contributed by atoms with van der Waals surface area (Å²) >= 11 is 0. The summed E-state index contributed by atoms with van der Waals surface area (Å²) in [6.45, 7) is 0. The normalized spacial score (nSPS) is 11.8. The third-order valence-corrected chi connectivity index (χ3v) is 6.79. The van der Waals surface area contributed by atoms with E-state index >= 15 is 0 Å². The third-order valence-electron chi connectivity index (χ3n) is 5.10. The highest BCUT2D eigenvalue weighted by molar-refractivity contribution is 7.90. The number of rotatable bonds is 6. The van der Waals surface area contributed by atoms with Gasteiger partial charge >= 0.3 is 0 Å². The van der Waals surface area contributed by atoms with E-state index in [2.05, 4.69) is 0 Å². The van der Waals surface area contributed by atoms with Crippen molar-refractivity contribution in [2.75, 3.05) is 0 Å². The summed E-state index contributed by atoms with van der Waals surface area (Å²) in [5, 5.41) is 1.53. The van der Waals surface area contributed by atoms with Crippen LogP contribution in [-0.2, 0) is 19.6 Å². The molecule has 0 aliphatic rings. The number of amides is 2. The van der Waals surface area contributed by atoms with Gasteiger partial charge in [0, 0.05) is 12.2 Å². The molecule has 6 heteroatoms. The maximum atomic E-state index is 13.5. The number of nitrogens with zero attached hydrogens (tertiary/aromatic N) is 1. The van der Waals surface area contributed by atoms with Gasteiger partial charge in [-0.15, -0.1) is 0 Å². The van der Waals surface area contributed by atoms with Gasteiger partial charge in [0.15, 0.2) is 0 Å². The lowest BCUT2D eigenvalue weighted by atomic mass is 10.1. The largest absolute Gasteiger partial charge is 0.273 e. The molecule has 2 amide bonds. The lowest BCUT2D eigenvalue weighted by Gasteiger charge is -2.18. The molecule has 0 aliphatic heterocycles. The van der Waals surface area contributed by atoms with Crippen molar-refractivity contribution >= 4 is 44.8 Å². The number of carbonyl (C=O) groups excluding carboxylic acids is 2. The highest BCUT2D eigenvalue weighted by Crippen LogP contribution is 2.23. The summed E-state index contributed by atoms with van der Waals surface area (Å²) in [6.07, 6.45) is 5.11. The summed E-state index contributed by atoms with van der Waals surface area (Å²) < 4.78 is 27.3. The van der Waals surface area contributed by atoms with Crippen molar-refractivity contribution in [3.63, 3.8) is 0 Å². The second-order valence-corrected chi connectivity index (χ2v) is 9.23. The Morgan fingerprint density at radius 1 is 0.588 bits per heavy atom. The second-order valence-electron chi connectivity index (χ2n) is 7.44. The average molecular weight is 468 g/mol. The van der Waals surface area contributed by atoms with E-state index < -0.39 is 21.8 Å². The first-order valence-corrected chi connectivity index (χ1v) is 12.0. The topological polar surface area (TPSA) is 71.5 Å². The van der Waals surface area contributed by atoms with Crippen molar-refractivity contribution < 1.29 is 18.0 Å². The van der Waals surface area contributed by atoms with E-state index in [9.17, 15) is 18.0 Å². The molecule has 0 saturated heterocycles. The zero-order valence-corrected chi connectivity index (χ0v) is 18.9. The third kappa shape index (κ3) is 5.19. The van der Waals surface area contributed by atoms with Gasteiger partial charge in [-0.3, -0.25) is 9.59 Å². The highest BCUT2D eigenvalue weighted by Gasteiger charge is 2.33. The van der Waals surface area contributed by atoms with Crippen LogP contribution in [0.3, 0.4) is 0 Å². The maximum Gasteiger partial charge on any atom is 0.273 e. The fourth-order valence-electron chi connectivity index (χ4n) is 3.38. The SMILES string of the molecule is O=C(C=Cc1ccccc1)N(C(=O)C=Cc1ccccc1)S(=O)(=O)c1ccc2ccccc2c1. The van der Waals surface area contributed by atoms with E-state index in [1.165, 1.54) is 24.3 Å². The molecule has 4 aromatic rings. The first kappa shape index (κ1) is 22.9. The van der Waals surface area contributed by atoms with Gasteiger partial charge in [-0.05, 0) is 46.2 Å². The molecule has 34 heavy (non-hydrogen) atoms. The van der Waals surface area contributed by atoms with Gasteiger partial charge in [0.25, 0.3) is 21.8 Å². The van der Waals surface area contributed by atoms with Crippen molar-refractivity contribution in [3.05, 3.63) is 126 Å². The molecule has 0 N–H and O–H groups in total. The Balaban J connectivity index is 1.73. The molecular formula is C28H21NO4S. The number of hydrogen-bond donors (Lipinski definition) is 0. The van der Waals surface area contributed by atoms with Crippen LogP contribution in [-0.4, -0.2) is 24.5 Å². The maximum absolute atomic E-state index is 13.5. The van der Waals surface area contributed by atoms with Crippen LogP contribution in [0.1, 0.15) is 11.1 Å². The van der Waals surface area contributed by atoms with Crippen LogP contribution in [0.2, 0.25) is 0 Å². The minimum absolute atomic E-state index is 0.144. The minimum atomic E-state index is -4.47. The summed E-state index contributed by atoms with van der Waals surface area (Å²) in [5.74, 6) is -1.92. The van der Waals surface area contributed by atoms with E-state index in [1.54, 1.807) is 66.7 Å². The van der Waals surface area contributed by atoms with Crippen molar-refractivity contribution in [3.8, 4) is 0 Å². The van der Waals surface area contributed by atoms with Gasteiger partial charge in [0.1, 0.15) is 0 Å². The first-order valence-electron chi connectivity index (χ1n) is 10.5. The molecule has 0 aliphatic carbocycles. The van der Waals surface area contributed by atoms with Gasteiger partial charge in [-0.1, -0.05) is 91.0 Å². The summed E-state index contributed by atoms with van der Waals surface area (Å²) in [5.41, 5.74) is 1.40. The molecule has 0 radical (unpaired) electrons. The van der Waals surface area contributed by atoms with Crippen LogP contribution in [0.5, 0.6) is 0 Å².